The molecule has 0 spiro atoms. The molecule has 1 aromatic rings. The van der Waals surface area contributed by atoms with Crippen LogP contribution < -0.4 is 5.73 Å². The molecule has 112 valence electrons. The number of nitrogens with two attached hydrogens (primary N) is 1. The zero-order valence-corrected chi connectivity index (χ0v) is 12.1. The zero-order valence-electron chi connectivity index (χ0n) is 11.3. The summed E-state index contributed by atoms with van der Waals surface area (Å²) in [6.07, 6.45) is 0. The molecule has 0 radical (unpaired) electrons. The van der Waals surface area contributed by atoms with Gasteiger partial charge in [-0.15, -0.1) is 0 Å². The number of nitrogen functional groups attached to an aromatic ring is 1. The second-order valence-electron chi connectivity index (χ2n) is 3.97. The van der Waals surface area contributed by atoms with E-state index in [-0.39, 0.29) is 36.0 Å². The van der Waals surface area contributed by atoms with Gasteiger partial charge in [-0.05, 0) is 12.1 Å². The zero-order chi connectivity index (χ0) is 15.3. The predicted molar refractivity (Wildman–Crippen MR) is 73.8 cm³/mol. The smallest absolute Gasteiger partial charge is 0.292 e. The van der Waals surface area contributed by atoms with E-state index in [0.29, 0.717) is 0 Å². The number of nitro benzene ring substituents is 1. The summed E-state index contributed by atoms with van der Waals surface area (Å²) in [6, 6.07) is 3.37. The van der Waals surface area contributed by atoms with Gasteiger partial charge in [-0.2, -0.15) is 4.31 Å². The molecule has 0 bridgehead atoms. The molecule has 0 fully saturated rings. The van der Waals surface area contributed by atoms with Crippen LogP contribution in [0.15, 0.2) is 23.1 Å². The van der Waals surface area contributed by atoms with Crippen molar-refractivity contribution in [1.82, 2.24) is 4.31 Å². The lowest BCUT2D eigenvalue weighted by Gasteiger charge is -2.20. The fourth-order valence-corrected chi connectivity index (χ4v) is 3.12. The summed E-state index contributed by atoms with van der Waals surface area (Å²) in [5.74, 6) is 0. The fourth-order valence-electron chi connectivity index (χ4n) is 1.65. The van der Waals surface area contributed by atoms with Gasteiger partial charge < -0.3 is 10.5 Å². The number of likely N-dealkylation sites (N-methyl/N-ethyl adjacent to an activating group) is 1. The summed E-state index contributed by atoms with van der Waals surface area (Å²) < 4.78 is 30.8. The molecule has 9 heteroatoms. The van der Waals surface area contributed by atoms with Gasteiger partial charge in [-0.1, -0.05) is 6.92 Å². The minimum atomic E-state index is -3.74. The van der Waals surface area contributed by atoms with Crippen molar-refractivity contribution in [2.75, 3.05) is 32.5 Å². The number of nitrogens with zero attached hydrogens (tertiary/aromatic N) is 2. The quantitative estimate of drug-likeness (QED) is 0.453. The standard InChI is InChI=1S/C11H17N3O5S/c1-3-13(6-7-19-2)20(17,18)9-4-5-11(14(15)16)10(12)8-9/h4-5,8H,3,6-7,12H2,1-2H3. The maximum absolute atomic E-state index is 12.3. The van der Waals surface area contributed by atoms with Crippen LogP contribution in [0.25, 0.3) is 0 Å². The second kappa shape index (κ2) is 6.64. The molecule has 0 atom stereocenters. The Morgan fingerprint density at radius 3 is 2.55 bits per heavy atom. The van der Waals surface area contributed by atoms with E-state index in [9.17, 15) is 18.5 Å². The van der Waals surface area contributed by atoms with Crippen molar-refractivity contribution in [2.24, 2.45) is 0 Å². The minimum Gasteiger partial charge on any atom is -0.393 e. The summed E-state index contributed by atoms with van der Waals surface area (Å²) >= 11 is 0. The van der Waals surface area contributed by atoms with Crippen molar-refractivity contribution in [3.8, 4) is 0 Å². The van der Waals surface area contributed by atoms with E-state index < -0.39 is 14.9 Å². The molecule has 0 aliphatic heterocycles. The Hall–Kier alpha value is -1.71. The van der Waals surface area contributed by atoms with Gasteiger partial charge in [0.05, 0.1) is 16.4 Å². The molecule has 1 aromatic carbocycles. The average molecular weight is 303 g/mol. The van der Waals surface area contributed by atoms with Crippen LogP contribution in [0.2, 0.25) is 0 Å². The van der Waals surface area contributed by atoms with Crippen molar-refractivity contribution >= 4 is 21.4 Å². The third-order valence-electron chi connectivity index (χ3n) is 2.73. The molecule has 0 aromatic heterocycles. The van der Waals surface area contributed by atoms with Crippen molar-refractivity contribution in [3.63, 3.8) is 0 Å². The van der Waals surface area contributed by atoms with Gasteiger partial charge in [0.15, 0.2) is 0 Å². The van der Waals surface area contributed by atoms with E-state index in [0.717, 1.165) is 12.1 Å². The number of rotatable bonds is 7. The lowest BCUT2D eigenvalue weighted by molar-refractivity contribution is -0.383. The summed E-state index contributed by atoms with van der Waals surface area (Å²) in [5, 5.41) is 10.7. The van der Waals surface area contributed by atoms with E-state index in [1.54, 1.807) is 6.92 Å². The molecule has 0 unspecified atom stereocenters. The van der Waals surface area contributed by atoms with E-state index in [1.807, 2.05) is 0 Å². The highest BCUT2D eigenvalue weighted by molar-refractivity contribution is 7.89. The molecule has 0 saturated heterocycles. The van der Waals surface area contributed by atoms with Crippen molar-refractivity contribution in [1.29, 1.82) is 0 Å². The van der Waals surface area contributed by atoms with E-state index in [1.165, 1.54) is 17.5 Å². The van der Waals surface area contributed by atoms with Crippen LogP contribution in [0.5, 0.6) is 0 Å². The van der Waals surface area contributed by atoms with Crippen LogP contribution in [0, 0.1) is 10.1 Å². The van der Waals surface area contributed by atoms with E-state index in [4.69, 9.17) is 10.5 Å². The predicted octanol–water partition coefficient (Wildman–Crippen LogP) is 0.834. The molecule has 0 aliphatic rings. The first-order valence-electron chi connectivity index (χ1n) is 5.87. The highest BCUT2D eigenvalue weighted by Crippen LogP contribution is 2.26. The lowest BCUT2D eigenvalue weighted by Crippen LogP contribution is -2.33. The van der Waals surface area contributed by atoms with Crippen LogP contribution in [-0.4, -0.2) is 44.5 Å². The Morgan fingerprint density at radius 1 is 1.45 bits per heavy atom. The Morgan fingerprint density at radius 2 is 2.10 bits per heavy atom. The average Bonchev–Trinajstić information content (AvgIpc) is 2.38. The maximum atomic E-state index is 12.3. The molecule has 2 N–H and O–H groups in total. The molecule has 20 heavy (non-hydrogen) atoms. The van der Waals surface area contributed by atoms with Crippen LogP contribution in [0.1, 0.15) is 6.92 Å². The SMILES string of the molecule is CCN(CCOC)S(=O)(=O)c1ccc([N+](=O)[O-])c(N)c1. The Kier molecular flexibility index (Phi) is 5.43. The monoisotopic (exact) mass is 303 g/mol. The first-order valence-corrected chi connectivity index (χ1v) is 7.31. The number of hydrogen-bond donors (Lipinski definition) is 1. The summed E-state index contributed by atoms with van der Waals surface area (Å²) in [7, 11) is -2.26. The first-order chi connectivity index (χ1) is 9.34. The van der Waals surface area contributed by atoms with Crippen LogP contribution >= 0.6 is 0 Å². The minimum absolute atomic E-state index is 0.0708. The van der Waals surface area contributed by atoms with Crippen molar-refractivity contribution in [2.45, 2.75) is 11.8 Å². The molecular weight excluding hydrogens is 286 g/mol. The molecular formula is C11H17N3O5S. The number of anilines is 1. The number of nitro groups is 1. The van der Waals surface area contributed by atoms with Gasteiger partial charge in [0.25, 0.3) is 5.69 Å². The third kappa shape index (κ3) is 3.44. The van der Waals surface area contributed by atoms with Gasteiger partial charge in [-0.3, -0.25) is 10.1 Å². The van der Waals surface area contributed by atoms with Gasteiger partial charge in [-0.25, -0.2) is 8.42 Å². The number of benzene rings is 1. The van der Waals surface area contributed by atoms with Crippen molar-refractivity contribution < 1.29 is 18.1 Å². The third-order valence-corrected chi connectivity index (χ3v) is 4.70. The largest absolute Gasteiger partial charge is 0.393 e. The van der Waals surface area contributed by atoms with E-state index in [2.05, 4.69) is 0 Å². The highest BCUT2D eigenvalue weighted by Gasteiger charge is 2.24. The van der Waals surface area contributed by atoms with Crippen LogP contribution in [-0.2, 0) is 14.8 Å². The second-order valence-corrected chi connectivity index (χ2v) is 5.91. The maximum Gasteiger partial charge on any atom is 0.292 e. The molecule has 0 heterocycles. The normalized spacial score (nSPS) is 11.8. The van der Waals surface area contributed by atoms with Gasteiger partial charge in [0, 0.05) is 26.3 Å². The lowest BCUT2D eigenvalue weighted by atomic mass is 10.3. The highest BCUT2D eigenvalue weighted by atomic mass is 32.2. The molecule has 0 saturated carbocycles. The van der Waals surface area contributed by atoms with Crippen LogP contribution in [0.3, 0.4) is 0 Å². The molecule has 0 aliphatic carbocycles. The number of sulfonamides is 1. The molecule has 1 rings (SSSR count). The van der Waals surface area contributed by atoms with Gasteiger partial charge in [0.2, 0.25) is 10.0 Å². The first kappa shape index (κ1) is 16.3. The van der Waals surface area contributed by atoms with Gasteiger partial charge >= 0.3 is 0 Å². The number of ether oxygens (including phenoxy) is 1. The topological polar surface area (TPSA) is 116 Å². The van der Waals surface area contributed by atoms with E-state index >= 15 is 0 Å². The number of methoxy groups -OCH3 is 1. The summed E-state index contributed by atoms with van der Waals surface area (Å²) in [6.45, 7) is 2.42. The summed E-state index contributed by atoms with van der Waals surface area (Å²) in [4.78, 5) is 9.93. The molecule has 8 nitrogen and oxygen atoms in total. The Balaban J connectivity index is 3.15. The Labute approximate surface area is 117 Å². The van der Waals surface area contributed by atoms with Crippen molar-refractivity contribution in [3.05, 3.63) is 28.3 Å². The fraction of sp³-hybridized carbons (Fsp3) is 0.455. The van der Waals surface area contributed by atoms with Crippen LogP contribution in [0.4, 0.5) is 11.4 Å². The Bertz CT molecular complexity index is 588. The van der Waals surface area contributed by atoms with Gasteiger partial charge in [0.1, 0.15) is 5.69 Å². The summed E-state index contributed by atoms with van der Waals surface area (Å²) in [5.41, 5.74) is 5.01. The number of hydrogen-bond acceptors (Lipinski definition) is 6. The molecule has 0 amide bonds.